The van der Waals surface area contributed by atoms with Crippen LogP contribution in [-0.2, 0) is 6.54 Å². The Labute approximate surface area is 100 Å². The molecule has 1 N–H and O–H groups in total. The Kier molecular flexibility index (Phi) is 4.83. The third kappa shape index (κ3) is 2.77. The zero-order valence-electron chi connectivity index (χ0n) is 9.61. The van der Waals surface area contributed by atoms with Crippen molar-refractivity contribution in [3.8, 4) is 0 Å². The predicted molar refractivity (Wildman–Crippen MR) is 63.8 cm³/mol. The lowest BCUT2D eigenvalue weighted by atomic mass is 10.3. The van der Waals surface area contributed by atoms with Gasteiger partial charge < -0.3 is 14.6 Å². The lowest BCUT2D eigenvalue weighted by molar-refractivity contribution is 0.0721. The van der Waals surface area contributed by atoms with Crippen LogP contribution in [0, 0.1) is 0 Å². The first-order valence-corrected chi connectivity index (χ1v) is 5.77. The third-order valence-corrected chi connectivity index (χ3v) is 2.67. The molecule has 0 fully saturated rings. The molecule has 0 saturated heterocycles. The molecule has 0 radical (unpaired) electrons. The van der Waals surface area contributed by atoms with Gasteiger partial charge in [-0.25, -0.2) is 0 Å². The minimum absolute atomic E-state index is 0.0276. The number of aryl methyl sites for hydroxylation is 1. The summed E-state index contributed by atoms with van der Waals surface area (Å²) in [6.45, 7) is 5.43. The fourth-order valence-corrected chi connectivity index (χ4v) is 1.82. The summed E-state index contributed by atoms with van der Waals surface area (Å²) in [6.07, 6.45) is 1.74. The highest BCUT2D eigenvalue weighted by molar-refractivity contribution is 6.31. The number of nitrogens with zero attached hydrogens (tertiary/aromatic N) is 2. The molecule has 0 unspecified atom stereocenters. The molecule has 0 atom stereocenters. The molecule has 4 nitrogen and oxygen atoms in total. The molecule has 0 saturated carbocycles. The van der Waals surface area contributed by atoms with Crippen LogP contribution in [0.1, 0.15) is 24.3 Å². The molecule has 0 aromatic carbocycles. The first-order chi connectivity index (χ1) is 7.63. The van der Waals surface area contributed by atoms with Gasteiger partial charge >= 0.3 is 0 Å². The van der Waals surface area contributed by atoms with Crippen LogP contribution in [-0.4, -0.2) is 40.2 Å². The number of hydrogen-bond acceptors (Lipinski definition) is 2. The van der Waals surface area contributed by atoms with Crippen LogP contribution in [0.4, 0.5) is 0 Å². The fraction of sp³-hybridized carbons (Fsp3) is 0.545. The molecule has 1 aromatic rings. The number of aliphatic hydroxyl groups is 1. The van der Waals surface area contributed by atoms with Gasteiger partial charge in [0.15, 0.2) is 0 Å². The third-order valence-electron chi connectivity index (χ3n) is 2.46. The number of aromatic nitrogens is 1. The van der Waals surface area contributed by atoms with E-state index in [2.05, 4.69) is 0 Å². The molecule has 1 heterocycles. The van der Waals surface area contributed by atoms with Gasteiger partial charge in [-0.2, -0.15) is 0 Å². The van der Waals surface area contributed by atoms with E-state index in [-0.39, 0.29) is 12.5 Å². The van der Waals surface area contributed by atoms with Crippen LogP contribution in [0.3, 0.4) is 0 Å². The molecule has 0 aliphatic carbocycles. The second-order valence-corrected chi connectivity index (χ2v) is 3.87. The summed E-state index contributed by atoms with van der Waals surface area (Å²) in [7, 11) is 0. The molecule has 0 bridgehead atoms. The highest BCUT2D eigenvalue weighted by Gasteiger charge is 2.17. The number of hydrogen-bond donors (Lipinski definition) is 1. The van der Waals surface area contributed by atoms with Crippen LogP contribution in [0.25, 0.3) is 0 Å². The summed E-state index contributed by atoms with van der Waals surface area (Å²) in [5, 5.41) is 9.43. The topological polar surface area (TPSA) is 45.5 Å². The summed E-state index contributed by atoms with van der Waals surface area (Å²) in [5.41, 5.74) is 0.572. The zero-order valence-corrected chi connectivity index (χ0v) is 10.4. The van der Waals surface area contributed by atoms with Gasteiger partial charge in [0.2, 0.25) is 0 Å². The molecule has 1 aromatic heterocycles. The summed E-state index contributed by atoms with van der Waals surface area (Å²) < 4.78 is 1.81. The van der Waals surface area contributed by atoms with Crippen LogP contribution >= 0.6 is 11.6 Å². The molecule has 16 heavy (non-hydrogen) atoms. The molecule has 1 amide bonds. The van der Waals surface area contributed by atoms with E-state index in [0.717, 1.165) is 0 Å². The van der Waals surface area contributed by atoms with Gasteiger partial charge in [-0.3, -0.25) is 4.79 Å². The lowest BCUT2D eigenvalue weighted by Crippen LogP contribution is -2.34. The normalized spacial score (nSPS) is 10.5. The van der Waals surface area contributed by atoms with E-state index >= 15 is 0 Å². The average Bonchev–Trinajstić information content (AvgIpc) is 2.66. The molecule has 5 heteroatoms. The van der Waals surface area contributed by atoms with E-state index in [9.17, 15) is 4.79 Å². The van der Waals surface area contributed by atoms with Crippen LogP contribution in [0.15, 0.2) is 12.3 Å². The largest absolute Gasteiger partial charge is 0.395 e. The van der Waals surface area contributed by atoms with Crippen molar-refractivity contribution in [2.24, 2.45) is 0 Å². The highest BCUT2D eigenvalue weighted by atomic mass is 35.5. The van der Waals surface area contributed by atoms with Crippen molar-refractivity contribution >= 4 is 17.5 Å². The Hall–Kier alpha value is -1.00. The van der Waals surface area contributed by atoms with Gasteiger partial charge in [0, 0.05) is 25.8 Å². The highest BCUT2D eigenvalue weighted by Crippen LogP contribution is 2.15. The van der Waals surface area contributed by atoms with Crippen LogP contribution in [0.5, 0.6) is 0 Å². The second kappa shape index (κ2) is 5.92. The first-order valence-electron chi connectivity index (χ1n) is 5.39. The number of carbonyl (C=O) groups is 1. The van der Waals surface area contributed by atoms with Crippen molar-refractivity contribution in [1.29, 1.82) is 0 Å². The molecule has 0 aliphatic heterocycles. The predicted octanol–water partition coefficient (Wildman–Crippen LogP) is 1.62. The van der Waals surface area contributed by atoms with Gasteiger partial charge in [0.1, 0.15) is 5.69 Å². The SMILES string of the molecule is CCN(CCO)C(=O)c1cc(Cl)cn1CC. The summed E-state index contributed by atoms with van der Waals surface area (Å²) >= 11 is 5.87. The van der Waals surface area contributed by atoms with E-state index in [0.29, 0.717) is 30.4 Å². The van der Waals surface area contributed by atoms with E-state index in [1.165, 1.54) is 0 Å². The maximum atomic E-state index is 12.1. The smallest absolute Gasteiger partial charge is 0.270 e. The van der Waals surface area contributed by atoms with Gasteiger partial charge in [-0.1, -0.05) is 11.6 Å². The molecule has 90 valence electrons. The van der Waals surface area contributed by atoms with Gasteiger partial charge in [0.25, 0.3) is 5.91 Å². The molecule has 0 spiro atoms. The van der Waals surface area contributed by atoms with E-state index in [1.807, 2.05) is 18.4 Å². The fourth-order valence-electron chi connectivity index (χ4n) is 1.60. The average molecular weight is 245 g/mol. The number of carbonyl (C=O) groups excluding carboxylic acids is 1. The van der Waals surface area contributed by atoms with Crippen molar-refractivity contribution < 1.29 is 9.90 Å². The Morgan fingerprint density at radius 3 is 2.75 bits per heavy atom. The molecule has 0 aliphatic rings. The lowest BCUT2D eigenvalue weighted by Gasteiger charge is -2.20. The summed E-state index contributed by atoms with van der Waals surface area (Å²) in [4.78, 5) is 13.7. The van der Waals surface area contributed by atoms with Crippen LogP contribution < -0.4 is 0 Å². The van der Waals surface area contributed by atoms with Crippen molar-refractivity contribution in [2.75, 3.05) is 19.7 Å². The standard InChI is InChI=1S/C11H17ClN2O2/c1-3-13(5-6-15)11(16)10-7-9(12)8-14(10)4-2/h7-8,15H,3-6H2,1-2H3. The van der Waals surface area contributed by atoms with E-state index in [1.54, 1.807) is 17.2 Å². The number of rotatable bonds is 5. The van der Waals surface area contributed by atoms with Gasteiger partial charge in [-0.15, -0.1) is 0 Å². The zero-order chi connectivity index (χ0) is 12.1. The minimum Gasteiger partial charge on any atom is -0.395 e. The minimum atomic E-state index is -0.0923. The van der Waals surface area contributed by atoms with Gasteiger partial charge in [-0.05, 0) is 19.9 Å². The molecular weight excluding hydrogens is 228 g/mol. The van der Waals surface area contributed by atoms with Gasteiger partial charge in [0.05, 0.1) is 11.6 Å². The Morgan fingerprint density at radius 1 is 1.56 bits per heavy atom. The van der Waals surface area contributed by atoms with Crippen molar-refractivity contribution in [3.05, 3.63) is 23.0 Å². The number of halogens is 1. The maximum Gasteiger partial charge on any atom is 0.270 e. The van der Waals surface area contributed by atoms with E-state index in [4.69, 9.17) is 16.7 Å². The van der Waals surface area contributed by atoms with Crippen LogP contribution in [0.2, 0.25) is 5.02 Å². The quantitative estimate of drug-likeness (QED) is 0.856. The Balaban J connectivity index is 2.93. The number of aliphatic hydroxyl groups excluding tert-OH is 1. The van der Waals surface area contributed by atoms with Crippen molar-refractivity contribution in [3.63, 3.8) is 0 Å². The van der Waals surface area contributed by atoms with E-state index < -0.39 is 0 Å². The molecule has 1 rings (SSSR count). The number of amides is 1. The first kappa shape index (κ1) is 13.1. The summed E-state index contributed by atoms with van der Waals surface area (Å²) in [5.74, 6) is -0.0923. The monoisotopic (exact) mass is 244 g/mol. The maximum absolute atomic E-state index is 12.1. The second-order valence-electron chi connectivity index (χ2n) is 3.44. The number of likely N-dealkylation sites (N-methyl/N-ethyl adjacent to an activating group) is 1. The Bertz CT molecular complexity index is 363. The summed E-state index contributed by atoms with van der Waals surface area (Å²) in [6, 6.07) is 1.66. The Morgan fingerprint density at radius 2 is 2.25 bits per heavy atom. The van der Waals surface area contributed by atoms with Crippen molar-refractivity contribution in [2.45, 2.75) is 20.4 Å². The van der Waals surface area contributed by atoms with Crippen molar-refractivity contribution in [1.82, 2.24) is 9.47 Å². The molecular formula is C11H17ClN2O2.